The Bertz CT molecular complexity index is 622. The van der Waals surface area contributed by atoms with Gasteiger partial charge in [-0.3, -0.25) is 0 Å². The third-order valence-corrected chi connectivity index (χ3v) is 12.3. The second kappa shape index (κ2) is 35.3. The molecule has 0 saturated carbocycles. The monoisotopic (exact) mass is 738 g/mol. The van der Waals surface area contributed by atoms with E-state index in [1.807, 2.05) is 0 Å². The number of nitrogens with zero attached hydrogens (tertiary/aromatic N) is 4. The normalized spacial score (nSPS) is 12.8. The molecule has 0 aromatic rings. The van der Waals surface area contributed by atoms with Gasteiger partial charge in [-0.2, -0.15) is 0 Å². The molecule has 0 radical (unpaired) electrons. The molecule has 0 aromatic carbocycles. The van der Waals surface area contributed by atoms with Crippen molar-refractivity contribution >= 4 is 0 Å². The molecule has 0 aromatic heterocycles. The molecule has 52 heavy (non-hydrogen) atoms. The standard InChI is InChI=1S/C48H105N4/c1-10-13-16-19-22-25-28-31-34-43-50(4,5)46-37-40-49(41-38-47-51(6,7)44-35-32-29-26-23-20-17-14-11-2)42-39-48-52(8,9)45-36-33-30-27-24-21-18-15-12-3/h10-48H2,1-9H3/q+3. The highest BCUT2D eigenvalue weighted by atomic mass is 15.3. The van der Waals surface area contributed by atoms with Crippen LogP contribution in [0, 0.1) is 0 Å². The lowest BCUT2D eigenvalue weighted by molar-refractivity contribution is -0.891. The smallest absolute Gasteiger partial charge is 0.0794 e. The Morgan fingerprint density at radius 3 is 0.615 bits per heavy atom. The van der Waals surface area contributed by atoms with Gasteiger partial charge in [0.05, 0.1) is 81.6 Å². The molecule has 0 heterocycles. The summed E-state index contributed by atoms with van der Waals surface area (Å²) in [5, 5.41) is 0. The highest BCUT2D eigenvalue weighted by Gasteiger charge is 2.19. The van der Waals surface area contributed by atoms with Crippen LogP contribution in [0.3, 0.4) is 0 Å². The quantitative estimate of drug-likeness (QED) is 0.0445. The molecule has 314 valence electrons. The van der Waals surface area contributed by atoms with Crippen LogP contribution >= 0.6 is 0 Å². The lowest BCUT2D eigenvalue weighted by Gasteiger charge is -2.34. The third kappa shape index (κ3) is 36.8. The first-order valence-electron chi connectivity index (χ1n) is 24.2. The van der Waals surface area contributed by atoms with Crippen LogP contribution in [0.5, 0.6) is 0 Å². The zero-order valence-electron chi connectivity index (χ0n) is 38.4. The van der Waals surface area contributed by atoms with Crippen LogP contribution in [0.15, 0.2) is 0 Å². The molecule has 4 heteroatoms. The largest absolute Gasteiger partial charge is 0.328 e. The van der Waals surface area contributed by atoms with Crippen LogP contribution in [0.1, 0.15) is 213 Å². The van der Waals surface area contributed by atoms with E-state index in [2.05, 4.69) is 68.0 Å². The Labute approximate surface area is 332 Å². The molecular weight excluding hydrogens is 633 g/mol. The SMILES string of the molecule is CCCCCCCCCCC[N+](C)(C)CCCN(CCC[N+](C)(C)CCCCCCCCCCC)CCC[N+](C)(C)CCCCCCCCCCC. The number of unbranched alkanes of at least 4 members (excludes halogenated alkanes) is 24. The average molecular weight is 738 g/mol. The zero-order chi connectivity index (χ0) is 38.7. The maximum Gasteiger partial charge on any atom is 0.0794 e. The lowest BCUT2D eigenvalue weighted by atomic mass is 10.1. The number of hydrogen-bond donors (Lipinski definition) is 0. The molecule has 0 unspecified atom stereocenters. The fourth-order valence-electron chi connectivity index (χ4n) is 8.39. The molecule has 0 saturated heterocycles. The van der Waals surface area contributed by atoms with Crippen molar-refractivity contribution in [2.45, 2.75) is 213 Å². The van der Waals surface area contributed by atoms with Crippen molar-refractivity contribution in [3.63, 3.8) is 0 Å². The van der Waals surface area contributed by atoms with Crippen LogP contribution in [0.4, 0.5) is 0 Å². The minimum atomic E-state index is 1.20. The van der Waals surface area contributed by atoms with Gasteiger partial charge in [0.1, 0.15) is 0 Å². The Kier molecular flexibility index (Phi) is 35.2. The summed E-state index contributed by atoms with van der Waals surface area (Å²) in [6.07, 6.45) is 42.7. The summed E-state index contributed by atoms with van der Waals surface area (Å²) >= 11 is 0. The molecular formula is C48H105N4+3. The number of quaternary nitrogens is 3. The molecule has 0 N–H and O–H groups in total. The summed E-state index contributed by atoms with van der Waals surface area (Å²) in [5.41, 5.74) is 0. The molecule has 0 bridgehead atoms. The molecule has 0 spiro atoms. The van der Waals surface area contributed by atoms with Crippen molar-refractivity contribution in [1.29, 1.82) is 0 Å². The fraction of sp³-hybridized carbons (Fsp3) is 1.00. The highest BCUT2D eigenvalue weighted by Crippen LogP contribution is 2.15. The van der Waals surface area contributed by atoms with Crippen molar-refractivity contribution in [3.8, 4) is 0 Å². The topological polar surface area (TPSA) is 3.24 Å². The van der Waals surface area contributed by atoms with Gasteiger partial charge in [0.25, 0.3) is 0 Å². The van der Waals surface area contributed by atoms with E-state index in [0.717, 1.165) is 0 Å². The van der Waals surface area contributed by atoms with E-state index in [1.165, 1.54) is 265 Å². The van der Waals surface area contributed by atoms with Crippen LogP contribution in [-0.4, -0.2) is 120 Å². The van der Waals surface area contributed by atoms with Gasteiger partial charge < -0.3 is 18.3 Å². The summed E-state index contributed by atoms with van der Waals surface area (Å²) < 4.78 is 3.61. The van der Waals surface area contributed by atoms with E-state index in [1.54, 1.807) is 0 Å². The molecule has 0 rings (SSSR count). The molecule has 0 aliphatic rings. The third-order valence-electron chi connectivity index (χ3n) is 12.3. The zero-order valence-corrected chi connectivity index (χ0v) is 38.4. The second-order valence-electron chi connectivity index (χ2n) is 19.5. The van der Waals surface area contributed by atoms with E-state index < -0.39 is 0 Å². The summed E-state index contributed by atoms with van der Waals surface area (Å²) in [4.78, 5) is 2.87. The van der Waals surface area contributed by atoms with Gasteiger partial charge in [0.15, 0.2) is 0 Å². The van der Waals surface area contributed by atoms with E-state index in [9.17, 15) is 0 Å². The minimum Gasteiger partial charge on any atom is -0.328 e. The Balaban J connectivity index is 4.63. The van der Waals surface area contributed by atoms with E-state index >= 15 is 0 Å². The molecule has 0 fully saturated rings. The van der Waals surface area contributed by atoms with Crippen LogP contribution < -0.4 is 0 Å². The average Bonchev–Trinajstić information content (AvgIpc) is 3.09. The second-order valence-corrected chi connectivity index (χ2v) is 19.5. The van der Waals surface area contributed by atoms with Crippen molar-refractivity contribution in [1.82, 2.24) is 4.90 Å². The number of hydrogen-bond acceptors (Lipinski definition) is 1. The van der Waals surface area contributed by atoms with Gasteiger partial charge >= 0.3 is 0 Å². The summed E-state index contributed by atoms with van der Waals surface area (Å²) in [5.74, 6) is 0. The number of rotatable bonds is 42. The van der Waals surface area contributed by atoms with Gasteiger partial charge in [-0.15, -0.1) is 0 Å². The van der Waals surface area contributed by atoms with Crippen LogP contribution in [0.25, 0.3) is 0 Å². The van der Waals surface area contributed by atoms with Gasteiger partial charge in [0, 0.05) is 38.9 Å². The fourth-order valence-corrected chi connectivity index (χ4v) is 8.39. The van der Waals surface area contributed by atoms with E-state index in [0.29, 0.717) is 0 Å². The Morgan fingerprint density at radius 2 is 0.404 bits per heavy atom. The molecule has 0 atom stereocenters. The van der Waals surface area contributed by atoms with E-state index in [4.69, 9.17) is 0 Å². The van der Waals surface area contributed by atoms with Crippen molar-refractivity contribution < 1.29 is 13.4 Å². The first-order chi connectivity index (χ1) is 25.0. The summed E-state index contributed by atoms with van der Waals surface area (Å²) in [7, 11) is 15.0. The first kappa shape index (κ1) is 51.8. The molecule has 4 nitrogen and oxygen atoms in total. The first-order valence-corrected chi connectivity index (χ1v) is 24.2. The highest BCUT2D eigenvalue weighted by molar-refractivity contribution is 4.60. The van der Waals surface area contributed by atoms with Crippen molar-refractivity contribution in [2.75, 3.05) is 101 Å². The predicted molar refractivity (Wildman–Crippen MR) is 237 cm³/mol. The summed E-state index contributed by atoms with van der Waals surface area (Å²) in [6.45, 7) is 18.9. The summed E-state index contributed by atoms with van der Waals surface area (Å²) in [6, 6.07) is 0. The molecule has 0 aliphatic carbocycles. The van der Waals surface area contributed by atoms with Crippen LogP contribution in [-0.2, 0) is 0 Å². The van der Waals surface area contributed by atoms with Crippen molar-refractivity contribution in [2.24, 2.45) is 0 Å². The van der Waals surface area contributed by atoms with Crippen LogP contribution in [0.2, 0.25) is 0 Å². The van der Waals surface area contributed by atoms with Crippen molar-refractivity contribution in [3.05, 3.63) is 0 Å². The van der Waals surface area contributed by atoms with E-state index in [-0.39, 0.29) is 0 Å². The Morgan fingerprint density at radius 1 is 0.231 bits per heavy atom. The van der Waals surface area contributed by atoms with Gasteiger partial charge in [-0.25, -0.2) is 0 Å². The Hall–Kier alpha value is -0.160. The minimum absolute atomic E-state index is 1.20. The van der Waals surface area contributed by atoms with Gasteiger partial charge in [0.2, 0.25) is 0 Å². The van der Waals surface area contributed by atoms with Gasteiger partial charge in [-0.05, 0) is 38.5 Å². The maximum atomic E-state index is 2.87. The van der Waals surface area contributed by atoms with Gasteiger partial charge in [-0.1, -0.05) is 156 Å². The molecule has 0 aliphatic heterocycles. The molecule has 0 amide bonds. The lowest BCUT2D eigenvalue weighted by Crippen LogP contribution is -2.45. The maximum absolute atomic E-state index is 2.87. The predicted octanol–water partition coefficient (Wildman–Crippen LogP) is 13.3.